The van der Waals surface area contributed by atoms with Gasteiger partial charge in [-0.15, -0.1) is 0 Å². The molecule has 2 aromatic carbocycles. The lowest BCUT2D eigenvalue weighted by Gasteiger charge is -2.39. The number of aryl methyl sites for hydroxylation is 2. The molecule has 1 atom stereocenters. The van der Waals surface area contributed by atoms with E-state index in [-0.39, 0.29) is 12.1 Å². The van der Waals surface area contributed by atoms with Crippen molar-refractivity contribution in [1.29, 1.82) is 0 Å². The first kappa shape index (κ1) is 17.2. The molecule has 0 aliphatic carbocycles. The first-order chi connectivity index (χ1) is 11.6. The Morgan fingerprint density at radius 3 is 2.25 bits per heavy atom. The summed E-state index contributed by atoms with van der Waals surface area (Å²) in [5.74, 6) is 0. The van der Waals surface area contributed by atoms with Crippen LogP contribution in [0.15, 0.2) is 48.5 Å². The molecule has 1 fully saturated rings. The summed E-state index contributed by atoms with van der Waals surface area (Å²) < 4.78 is 5.65. The predicted molar refractivity (Wildman–Crippen MR) is 96.9 cm³/mol. The highest BCUT2D eigenvalue weighted by molar-refractivity contribution is 5.29. The molecule has 0 aromatic heterocycles. The van der Waals surface area contributed by atoms with Gasteiger partial charge in [-0.05, 0) is 31.4 Å². The molecular formula is C21H27NO2. The van der Waals surface area contributed by atoms with E-state index < -0.39 is 0 Å². The van der Waals surface area contributed by atoms with Gasteiger partial charge in [0.05, 0.1) is 18.8 Å². The molecule has 0 saturated carbocycles. The van der Waals surface area contributed by atoms with Crippen LogP contribution >= 0.6 is 0 Å². The van der Waals surface area contributed by atoms with Crippen molar-refractivity contribution in [2.45, 2.75) is 38.9 Å². The summed E-state index contributed by atoms with van der Waals surface area (Å²) in [4.78, 5) is 2.39. The number of aliphatic hydroxyl groups excluding tert-OH is 1. The number of ether oxygens (including phenoxy) is 1. The van der Waals surface area contributed by atoms with E-state index in [1.165, 1.54) is 22.3 Å². The summed E-state index contributed by atoms with van der Waals surface area (Å²) in [6, 6.07) is 17.2. The zero-order valence-electron chi connectivity index (χ0n) is 14.7. The standard InChI is InChI=1S/C21H27NO2/c1-17-10-18(2)12-20(11-17)14-22(13-19-6-4-3-5-7-19)21(15-23)8-9-24-16-21/h3-7,10-12,23H,8-9,13-16H2,1-2H3/t21-/m1/s1. The van der Waals surface area contributed by atoms with Gasteiger partial charge in [0.1, 0.15) is 0 Å². The fraction of sp³-hybridized carbons (Fsp3) is 0.429. The predicted octanol–water partition coefficient (Wildman–Crippen LogP) is 3.46. The van der Waals surface area contributed by atoms with Crippen molar-refractivity contribution >= 4 is 0 Å². The van der Waals surface area contributed by atoms with Crippen LogP contribution in [0.5, 0.6) is 0 Å². The molecule has 2 aromatic rings. The van der Waals surface area contributed by atoms with Crippen molar-refractivity contribution in [3.63, 3.8) is 0 Å². The molecule has 3 rings (SSSR count). The zero-order chi connectivity index (χ0) is 17.0. The van der Waals surface area contributed by atoms with Crippen LogP contribution in [0.1, 0.15) is 28.7 Å². The Labute approximate surface area is 144 Å². The molecule has 0 spiro atoms. The van der Waals surface area contributed by atoms with Crippen molar-refractivity contribution in [2.24, 2.45) is 0 Å². The summed E-state index contributed by atoms with van der Waals surface area (Å²) in [6.45, 7) is 7.36. The van der Waals surface area contributed by atoms with Gasteiger partial charge in [0.15, 0.2) is 0 Å². The molecule has 1 N–H and O–H groups in total. The lowest BCUT2D eigenvalue weighted by molar-refractivity contribution is 0.00762. The topological polar surface area (TPSA) is 32.7 Å². The number of rotatable bonds is 6. The normalized spacial score (nSPS) is 20.7. The molecule has 1 saturated heterocycles. The second kappa shape index (κ2) is 7.47. The molecule has 1 aliphatic rings. The molecule has 1 heterocycles. The monoisotopic (exact) mass is 325 g/mol. The first-order valence-electron chi connectivity index (χ1n) is 8.66. The van der Waals surface area contributed by atoms with Crippen LogP contribution in [-0.4, -0.2) is 35.4 Å². The van der Waals surface area contributed by atoms with Crippen LogP contribution in [0.2, 0.25) is 0 Å². The van der Waals surface area contributed by atoms with Crippen molar-refractivity contribution < 1.29 is 9.84 Å². The Balaban J connectivity index is 1.89. The van der Waals surface area contributed by atoms with E-state index in [1.807, 2.05) is 6.07 Å². The molecule has 24 heavy (non-hydrogen) atoms. The fourth-order valence-corrected chi connectivity index (χ4v) is 3.65. The van der Waals surface area contributed by atoms with Gasteiger partial charge in [-0.1, -0.05) is 59.7 Å². The maximum absolute atomic E-state index is 10.1. The number of nitrogens with zero attached hydrogens (tertiary/aromatic N) is 1. The summed E-state index contributed by atoms with van der Waals surface area (Å²) in [6.07, 6.45) is 0.876. The van der Waals surface area contributed by atoms with E-state index in [2.05, 4.69) is 61.2 Å². The summed E-state index contributed by atoms with van der Waals surface area (Å²) in [7, 11) is 0. The average Bonchev–Trinajstić information content (AvgIpc) is 3.04. The van der Waals surface area contributed by atoms with Crippen molar-refractivity contribution in [3.05, 3.63) is 70.8 Å². The minimum Gasteiger partial charge on any atom is -0.394 e. The minimum absolute atomic E-state index is 0.130. The SMILES string of the molecule is Cc1cc(C)cc(CN(Cc2ccccc2)[C@@]2(CO)CCOC2)c1. The van der Waals surface area contributed by atoms with Gasteiger partial charge in [0, 0.05) is 19.7 Å². The van der Waals surface area contributed by atoms with Crippen LogP contribution in [0.25, 0.3) is 0 Å². The molecule has 0 bridgehead atoms. The Morgan fingerprint density at radius 2 is 1.67 bits per heavy atom. The third-order valence-corrected chi connectivity index (χ3v) is 4.92. The molecule has 1 aliphatic heterocycles. The minimum atomic E-state index is -0.284. The number of hydrogen-bond donors (Lipinski definition) is 1. The van der Waals surface area contributed by atoms with Crippen LogP contribution in [0.3, 0.4) is 0 Å². The third-order valence-electron chi connectivity index (χ3n) is 4.92. The average molecular weight is 325 g/mol. The van der Waals surface area contributed by atoms with E-state index in [9.17, 15) is 5.11 Å². The highest BCUT2D eigenvalue weighted by atomic mass is 16.5. The van der Waals surface area contributed by atoms with Gasteiger partial charge in [-0.25, -0.2) is 0 Å². The first-order valence-corrected chi connectivity index (χ1v) is 8.66. The van der Waals surface area contributed by atoms with E-state index in [4.69, 9.17) is 4.74 Å². The summed E-state index contributed by atoms with van der Waals surface area (Å²) >= 11 is 0. The molecule has 0 unspecified atom stereocenters. The van der Waals surface area contributed by atoms with Crippen molar-refractivity contribution in [1.82, 2.24) is 4.90 Å². The lowest BCUT2D eigenvalue weighted by Crippen LogP contribution is -2.51. The van der Waals surface area contributed by atoms with Gasteiger partial charge < -0.3 is 9.84 Å². The molecular weight excluding hydrogens is 298 g/mol. The fourth-order valence-electron chi connectivity index (χ4n) is 3.65. The van der Waals surface area contributed by atoms with Gasteiger partial charge in [0.25, 0.3) is 0 Å². The number of benzene rings is 2. The quantitative estimate of drug-likeness (QED) is 0.883. The summed E-state index contributed by atoms with van der Waals surface area (Å²) in [5.41, 5.74) is 4.84. The Bertz CT molecular complexity index is 643. The van der Waals surface area contributed by atoms with Crippen LogP contribution < -0.4 is 0 Å². The Kier molecular flexibility index (Phi) is 5.34. The number of aliphatic hydroxyl groups is 1. The largest absolute Gasteiger partial charge is 0.394 e. The Morgan fingerprint density at radius 1 is 1.00 bits per heavy atom. The molecule has 3 nitrogen and oxygen atoms in total. The van der Waals surface area contributed by atoms with Gasteiger partial charge in [0.2, 0.25) is 0 Å². The smallest absolute Gasteiger partial charge is 0.0703 e. The molecule has 128 valence electrons. The molecule has 3 heteroatoms. The van der Waals surface area contributed by atoms with E-state index in [1.54, 1.807) is 0 Å². The third kappa shape index (κ3) is 3.86. The second-order valence-corrected chi connectivity index (χ2v) is 7.02. The molecule has 0 amide bonds. The van der Waals surface area contributed by atoms with E-state index in [0.717, 1.165) is 26.1 Å². The zero-order valence-corrected chi connectivity index (χ0v) is 14.7. The number of hydrogen-bond acceptors (Lipinski definition) is 3. The van der Waals surface area contributed by atoms with Crippen LogP contribution in [-0.2, 0) is 17.8 Å². The maximum Gasteiger partial charge on any atom is 0.0703 e. The lowest BCUT2D eigenvalue weighted by atomic mass is 9.95. The maximum atomic E-state index is 10.1. The van der Waals surface area contributed by atoms with Crippen LogP contribution in [0, 0.1) is 13.8 Å². The Hall–Kier alpha value is -1.68. The van der Waals surface area contributed by atoms with Gasteiger partial charge >= 0.3 is 0 Å². The van der Waals surface area contributed by atoms with Gasteiger partial charge in [-0.2, -0.15) is 0 Å². The molecule has 0 radical (unpaired) electrons. The van der Waals surface area contributed by atoms with Crippen molar-refractivity contribution in [2.75, 3.05) is 19.8 Å². The summed E-state index contributed by atoms with van der Waals surface area (Å²) in [5, 5.41) is 10.1. The second-order valence-electron chi connectivity index (χ2n) is 7.02. The van der Waals surface area contributed by atoms with E-state index in [0.29, 0.717) is 6.61 Å². The van der Waals surface area contributed by atoms with Gasteiger partial charge in [-0.3, -0.25) is 4.90 Å². The van der Waals surface area contributed by atoms with Crippen molar-refractivity contribution in [3.8, 4) is 0 Å². The van der Waals surface area contributed by atoms with E-state index >= 15 is 0 Å². The van der Waals surface area contributed by atoms with Crippen LogP contribution in [0.4, 0.5) is 0 Å². The highest BCUT2D eigenvalue weighted by Gasteiger charge is 2.40. The highest BCUT2D eigenvalue weighted by Crippen LogP contribution is 2.29.